The molecule has 0 spiro atoms. The van der Waals surface area contributed by atoms with Crippen molar-refractivity contribution < 1.29 is 0 Å². The Morgan fingerprint density at radius 1 is 1.11 bits per heavy atom. The summed E-state index contributed by atoms with van der Waals surface area (Å²) in [5.74, 6) is 0. The highest BCUT2D eigenvalue weighted by atomic mass is 32.1. The molecule has 102 valence electrons. The molecule has 1 rings (SSSR count). The van der Waals surface area contributed by atoms with Gasteiger partial charge in [-0.2, -0.15) is 0 Å². The van der Waals surface area contributed by atoms with Gasteiger partial charge in [-0.25, -0.2) is 0 Å². The molecule has 0 aliphatic carbocycles. The summed E-state index contributed by atoms with van der Waals surface area (Å²) in [4.78, 5) is 2.23. The van der Waals surface area contributed by atoms with E-state index in [-0.39, 0.29) is 0 Å². The molecule has 0 bridgehead atoms. The summed E-state index contributed by atoms with van der Waals surface area (Å²) in [6, 6.07) is 0. The van der Waals surface area contributed by atoms with Gasteiger partial charge in [0.2, 0.25) is 0 Å². The predicted molar refractivity (Wildman–Crippen MR) is 86.6 cm³/mol. The second-order valence-corrected chi connectivity index (χ2v) is 6.89. The van der Waals surface area contributed by atoms with Crippen LogP contribution < -0.4 is 10.2 Å². The number of nitrogens with one attached hydrogen (secondary N) is 1. The van der Waals surface area contributed by atoms with E-state index in [4.69, 9.17) is 24.4 Å². The van der Waals surface area contributed by atoms with Crippen LogP contribution in [0.1, 0.15) is 40.0 Å². The van der Waals surface area contributed by atoms with Crippen molar-refractivity contribution in [2.24, 2.45) is 5.41 Å². The van der Waals surface area contributed by atoms with Crippen LogP contribution >= 0.6 is 24.4 Å². The topological polar surface area (TPSA) is 15.3 Å². The molecule has 0 atom stereocenters. The number of anilines is 2. The lowest BCUT2D eigenvalue weighted by Gasteiger charge is -2.26. The van der Waals surface area contributed by atoms with Crippen molar-refractivity contribution in [1.29, 1.82) is 0 Å². The molecule has 2 nitrogen and oxygen atoms in total. The monoisotopic (exact) mass is 284 g/mol. The average molecular weight is 284 g/mol. The summed E-state index contributed by atoms with van der Waals surface area (Å²) in [5, 5.41) is 3.14. The van der Waals surface area contributed by atoms with Crippen molar-refractivity contribution in [3.05, 3.63) is 9.02 Å². The molecule has 0 aliphatic heterocycles. The second-order valence-electron chi connectivity index (χ2n) is 6.07. The normalized spacial score (nSPS) is 11.8. The summed E-state index contributed by atoms with van der Waals surface area (Å²) in [7, 11) is 3.99. The first-order valence-corrected chi connectivity index (χ1v) is 7.32. The van der Waals surface area contributed by atoms with Crippen LogP contribution in [0, 0.1) is 14.4 Å². The number of nitrogens with zero attached hydrogens (tertiary/aromatic N) is 1. The standard InChI is InChI=1S/C14H24N2S2/c1-14(2,3)8-6-7-9-16(5)11-10(15-4)12(17)13(11)18/h15H,6-9H2,1-5H3. The Morgan fingerprint density at radius 3 is 2.22 bits per heavy atom. The largest absolute Gasteiger partial charge is 0.385 e. The maximum atomic E-state index is 5.30. The molecule has 18 heavy (non-hydrogen) atoms. The van der Waals surface area contributed by atoms with E-state index in [0.717, 1.165) is 26.9 Å². The Balaban J connectivity index is 2.47. The van der Waals surface area contributed by atoms with Crippen LogP contribution in [0.4, 0.5) is 11.4 Å². The van der Waals surface area contributed by atoms with Gasteiger partial charge in [0.05, 0.1) is 20.4 Å². The lowest BCUT2D eigenvalue weighted by Crippen LogP contribution is -2.22. The molecule has 0 unspecified atom stereocenters. The smallest absolute Gasteiger partial charge is 0.0834 e. The van der Waals surface area contributed by atoms with E-state index in [9.17, 15) is 0 Å². The van der Waals surface area contributed by atoms with Gasteiger partial charge in [0.15, 0.2) is 0 Å². The fourth-order valence-corrected chi connectivity index (χ4v) is 2.75. The lowest BCUT2D eigenvalue weighted by atomic mass is 9.90. The highest BCUT2D eigenvalue weighted by Gasteiger charge is 2.17. The number of rotatable bonds is 6. The Morgan fingerprint density at radius 2 is 1.72 bits per heavy atom. The van der Waals surface area contributed by atoms with E-state index in [1.54, 1.807) is 0 Å². The van der Waals surface area contributed by atoms with Crippen molar-refractivity contribution >= 4 is 35.8 Å². The minimum absolute atomic E-state index is 0.432. The van der Waals surface area contributed by atoms with Crippen molar-refractivity contribution in [3.63, 3.8) is 0 Å². The van der Waals surface area contributed by atoms with Gasteiger partial charge < -0.3 is 10.2 Å². The zero-order chi connectivity index (χ0) is 13.9. The minimum atomic E-state index is 0.432. The molecule has 0 saturated heterocycles. The van der Waals surface area contributed by atoms with Gasteiger partial charge in [0.25, 0.3) is 0 Å². The van der Waals surface area contributed by atoms with Gasteiger partial charge in [-0.15, -0.1) is 0 Å². The molecule has 0 fully saturated rings. The Hall–Kier alpha value is -0.480. The van der Waals surface area contributed by atoms with Gasteiger partial charge in [0, 0.05) is 20.6 Å². The molecule has 0 heterocycles. The molecule has 0 amide bonds. The highest BCUT2D eigenvalue weighted by Crippen LogP contribution is 2.34. The van der Waals surface area contributed by atoms with E-state index in [2.05, 4.69) is 38.0 Å². The third-order valence-corrected chi connectivity index (χ3v) is 4.12. The van der Waals surface area contributed by atoms with Crippen LogP contribution in [-0.4, -0.2) is 20.6 Å². The van der Waals surface area contributed by atoms with Crippen molar-refractivity contribution in [1.82, 2.24) is 0 Å². The number of hydrogen-bond donors (Lipinski definition) is 1. The van der Waals surface area contributed by atoms with Gasteiger partial charge in [0.1, 0.15) is 0 Å². The first kappa shape index (κ1) is 15.6. The van der Waals surface area contributed by atoms with E-state index >= 15 is 0 Å². The summed E-state index contributed by atoms with van der Waals surface area (Å²) in [5.41, 5.74) is 2.59. The molecule has 0 radical (unpaired) electrons. The van der Waals surface area contributed by atoms with Crippen LogP contribution in [0.15, 0.2) is 0 Å². The van der Waals surface area contributed by atoms with Crippen molar-refractivity contribution in [3.8, 4) is 0 Å². The fourth-order valence-electron chi connectivity index (χ4n) is 2.09. The lowest BCUT2D eigenvalue weighted by molar-refractivity contribution is 0.361. The van der Waals surface area contributed by atoms with Crippen LogP contribution in [0.3, 0.4) is 0 Å². The summed E-state index contributed by atoms with van der Waals surface area (Å²) < 4.78 is 1.65. The molecule has 1 N–H and O–H groups in total. The zero-order valence-electron chi connectivity index (χ0n) is 12.1. The van der Waals surface area contributed by atoms with Gasteiger partial charge in [-0.3, -0.25) is 0 Å². The zero-order valence-corrected chi connectivity index (χ0v) is 13.7. The summed E-state index contributed by atoms with van der Waals surface area (Å²) in [6.07, 6.45) is 3.72. The number of hydrogen-bond acceptors (Lipinski definition) is 4. The van der Waals surface area contributed by atoms with Gasteiger partial charge >= 0.3 is 0 Å². The summed E-state index contributed by atoms with van der Waals surface area (Å²) >= 11 is 10.5. The summed E-state index contributed by atoms with van der Waals surface area (Å²) in [6.45, 7) is 7.91. The van der Waals surface area contributed by atoms with Crippen LogP contribution in [0.5, 0.6) is 0 Å². The minimum Gasteiger partial charge on any atom is -0.385 e. The average Bonchev–Trinajstić information content (AvgIpc) is 2.28. The Labute approximate surface area is 121 Å². The molecule has 0 saturated carbocycles. The molecule has 0 aromatic heterocycles. The number of unbranched alkanes of at least 4 members (excludes halogenated alkanes) is 1. The SMILES string of the molecule is CNc1c(N(C)CCCCC(C)(C)C)c(=S)c1=S. The third-order valence-electron chi connectivity index (χ3n) is 3.19. The van der Waals surface area contributed by atoms with E-state index in [0.29, 0.717) is 5.41 Å². The maximum absolute atomic E-state index is 5.30. The fraction of sp³-hybridized carbons (Fsp3) is 0.714. The van der Waals surface area contributed by atoms with Crippen LogP contribution in [-0.2, 0) is 0 Å². The Kier molecular flexibility index (Phi) is 5.29. The second kappa shape index (κ2) is 6.11. The van der Waals surface area contributed by atoms with Crippen LogP contribution in [0.25, 0.3) is 0 Å². The van der Waals surface area contributed by atoms with E-state index in [1.165, 1.54) is 19.3 Å². The van der Waals surface area contributed by atoms with Crippen LogP contribution in [0.2, 0.25) is 0 Å². The van der Waals surface area contributed by atoms with E-state index < -0.39 is 0 Å². The van der Waals surface area contributed by atoms with Gasteiger partial charge in [-0.1, -0.05) is 51.6 Å². The maximum Gasteiger partial charge on any atom is 0.0834 e. The van der Waals surface area contributed by atoms with Crippen molar-refractivity contribution in [2.45, 2.75) is 40.0 Å². The van der Waals surface area contributed by atoms with E-state index in [1.807, 2.05) is 7.05 Å². The first-order chi connectivity index (χ1) is 8.28. The molecule has 0 aliphatic rings. The highest BCUT2D eigenvalue weighted by molar-refractivity contribution is 7.74. The molecule has 4 heteroatoms. The van der Waals surface area contributed by atoms with Crippen molar-refractivity contribution in [2.75, 3.05) is 30.9 Å². The molecular weight excluding hydrogens is 260 g/mol. The molecule has 1 aromatic rings. The quantitative estimate of drug-likeness (QED) is 0.600. The third kappa shape index (κ3) is 3.75. The Bertz CT molecular complexity index is 465. The predicted octanol–water partition coefficient (Wildman–Crippen LogP) is 4.72. The molecular formula is C14H24N2S2. The molecule has 1 aromatic carbocycles. The first-order valence-electron chi connectivity index (χ1n) is 6.50. The van der Waals surface area contributed by atoms with Gasteiger partial charge in [-0.05, 0) is 18.3 Å².